The van der Waals surface area contributed by atoms with E-state index >= 15 is 0 Å². The molecule has 1 saturated heterocycles. The lowest BCUT2D eigenvalue weighted by atomic mass is 10.1. The molecule has 3 nitrogen and oxygen atoms in total. The molecule has 3 heteroatoms. The van der Waals surface area contributed by atoms with Crippen LogP contribution < -0.4 is 10.1 Å². The van der Waals surface area contributed by atoms with Crippen LogP contribution in [0.15, 0.2) is 18.5 Å². The maximum absolute atomic E-state index is 5.20. The molecule has 1 N–H and O–H groups in total. The molecule has 1 spiro atoms. The van der Waals surface area contributed by atoms with E-state index in [1.54, 1.807) is 13.3 Å². The van der Waals surface area contributed by atoms with E-state index in [0.29, 0.717) is 11.5 Å². The van der Waals surface area contributed by atoms with Crippen LogP contribution in [0.1, 0.15) is 30.7 Å². The summed E-state index contributed by atoms with van der Waals surface area (Å²) in [6, 6.07) is 2.12. The fourth-order valence-corrected chi connectivity index (χ4v) is 2.78. The fourth-order valence-electron chi connectivity index (χ4n) is 2.78. The topological polar surface area (TPSA) is 34.1 Å². The predicted octanol–water partition coefficient (Wildman–Crippen LogP) is 1.70. The van der Waals surface area contributed by atoms with Crippen molar-refractivity contribution in [1.82, 2.24) is 10.3 Å². The zero-order valence-electron chi connectivity index (χ0n) is 8.99. The Balaban J connectivity index is 1.83. The van der Waals surface area contributed by atoms with Gasteiger partial charge < -0.3 is 10.1 Å². The number of hydrogen-bond donors (Lipinski definition) is 1. The molecule has 1 saturated carbocycles. The van der Waals surface area contributed by atoms with E-state index in [1.165, 1.54) is 31.4 Å². The van der Waals surface area contributed by atoms with Gasteiger partial charge in [-0.15, -0.1) is 0 Å². The average Bonchev–Trinajstić information content (AvgIpc) is 2.77. The molecular formula is C12H16N2O. The standard InChI is InChI=1S/C12H16N2O/c1-15-10-5-9(7-13-8-10)11-6-12(11)3-2-4-14-12/h5,7-8,11,14H,2-4,6H2,1H3. The molecule has 1 aliphatic carbocycles. The Bertz CT molecular complexity index is 372. The first kappa shape index (κ1) is 9.16. The van der Waals surface area contributed by atoms with Gasteiger partial charge in [0.2, 0.25) is 0 Å². The van der Waals surface area contributed by atoms with E-state index in [-0.39, 0.29) is 0 Å². The van der Waals surface area contributed by atoms with Crippen LogP contribution in [-0.4, -0.2) is 24.2 Å². The molecule has 3 rings (SSSR count). The second-order valence-electron chi connectivity index (χ2n) is 4.60. The number of rotatable bonds is 2. The maximum atomic E-state index is 5.20. The molecule has 1 aromatic rings. The molecule has 2 fully saturated rings. The van der Waals surface area contributed by atoms with Gasteiger partial charge >= 0.3 is 0 Å². The summed E-state index contributed by atoms with van der Waals surface area (Å²) in [5.74, 6) is 1.52. The summed E-state index contributed by atoms with van der Waals surface area (Å²) in [4.78, 5) is 4.22. The van der Waals surface area contributed by atoms with Gasteiger partial charge in [-0.25, -0.2) is 0 Å². The third kappa shape index (κ3) is 1.42. The van der Waals surface area contributed by atoms with Crippen LogP contribution in [0.25, 0.3) is 0 Å². The monoisotopic (exact) mass is 204 g/mol. The van der Waals surface area contributed by atoms with Gasteiger partial charge in [0.1, 0.15) is 5.75 Å². The summed E-state index contributed by atoms with van der Waals surface area (Å²) in [6.45, 7) is 1.17. The molecule has 0 radical (unpaired) electrons. The molecule has 2 atom stereocenters. The van der Waals surface area contributed by atoms with Crippen molar-refractivity contribution in [3.63, 3.8) is 0 Å². The number of aromatic nitrogens is 1. The fraction of sp³-hybridized carbons (Fsp3) is 0.583. The first-order valence-electron chi connectivity index (χ1n) is 5.58. The van der Waals surface area contributed by atoms with Crippen molar-refractivity contribution in [3.8, 4) is 5.75 Å². The average molecular weight is 204 g/mol. The van der Waals surface area contributed by atoms with Crippen molar-refractivity contribution in [2.45, 2.75) is 30.7 Å². The van der Waals surface area contributed by atoms with Gasteiger partial charge in [-0.2, -0.15) is 0 Å². The molecule has 80 valence electrons. The summed E-state index contributed by atoms with van der Waals surface area (Å²) < 4.78 is 5.20. The highest BCUT2D eigenvalue weighted by Crippen LogP contribution is 2.56. The van der Waals surface area contributed by atoms with Crippen molar-refractivity contribution in [2.75, 3.05) is 13.7 Å². The smallest absolute Gasteiger partial charge is 0.137 e. The van der Waals surface area contributed by atoms with E-state index in [9.17, 15) is 0 Å². The molecular weight excluding hydrogens is 188 g/mol. The quantitative estimate of drug-likeness (QED) is 0.796. The summed E-state index contributed by atoms with van der Waals surface area (Å²) in [7, 11) is 1.69. The van der Waals surface area contributed by atoms with E-state index in [4.69, 9.17) is 4.74 Å². The highest BCUT2D eigenvalue weighted by atomic mass is 16.5. The molecule has 0 bridgehead atoms. The zero-order chi connectivity index (χ0) is 10.3. The van der Waals surface area contributed by atoms with E-state index in [2.05, 4.69) is 16.4 Å². The number of ether oxygens (including phenoxy) is 1. The Morgan fingerprint density at radius 1 is 1.53 bits per heavy atom. The maximum Gasteiger partial charge on any atom is 0.137 e. The molecule has 1 aliphatic heterocycles. The van der Waals surface area contributed by atoms with E-state index in [1.807, 2.05) is 6.20 Å². The van der Waals surface area contributed by atoms with Crippen molar-refractivity contribution in [3.05, 3.63) is 24.0 Å². The third-order valence-corrected chi connectivity index (χ3v) is 3.72. The third-order valence-electron chi connectivity index (χ3n) is 3.72. The van der Waals surface area contributed by atoms with Crippen molar-refractivity contribution < 1.29 is 4.74 Å². The lowest BCUT2D eigenvalue weighted by molar-refractivity contribution is 0.412. The van der Waals surface area contributed by atoms with Crippen molar-refractivity contribution in [1.29, 1.82) is 0 Å². The highest BCUT2D eigenvalue weighted by molar-refractivity contribution is 5.36. The summed E-state index contributed by atoms with van der Waals surface area (Å²) in [5, 5.41) is 3.62. The van der Waals surface area contributed by atoms with Crippen molar-refractivity contribution >= 4 is 0 Å². The Labute approximate surface area is 89.9 Å². The molecule has 1 aromatic heterocycles. The van der Waals surface area contributed by atoms with Gasteiger partial charge in [0.15, 0.2) is 0 Å². The minimum Gasteiger partial charge on any atom is -0.495 e. The van der Waals surface area contributed by atoms with E-state index < -0.39 is 0 Å². The number of methoxy groups -OCH3 is 1. The highest BCUT2D eigenvalue weighted by Gasteiger charge is 2.55. The number of nitrogens with one attached hydrogen (secondary N) is 1. The van der Waals surface area contributed by atoms with Gasteiger partial charge in [0.05, 0.1) is 13.3 Å². The largest absolute Gasteiger partial charge is 0.495 e. The first-order valence-corrected chi connectivity index (χ1v) is 5.58. The zero-order valence-corrected chi connectivity index (χ0v) is 8.99. The van der Waals surface area contributed by atoms with Crippen LogP contribution in [-0.2, 0) is 0 Å². The molecule has 0 amide bonds. The normalized spacial score (nSPS) is 33.3. The van der Waals surface area contributed by atoms with Crippen LogP contribution in [0, 0.1) is 0 Å². The van der Waals surface area contributed by atoms with Gasteiger partial charge in [-0.1, -0.05) is 0 Å². The summed E-state index contributed by atoms with van der Waals surface area (Å²) in [5.41, 5.74) is 1.73. The Hall–Kier alpha value is -1.09. The van der Waals surface area contributed by atoms with Crippen LogP contribution in [0.4, 0.5) is 0 Å². The molecule has 0 aromatic carbocycles. The minimum absolute atomic E-state index is 0.411. The van der Waals surface area contributed by atoms with Crippen LogP contribution in [0.5, 0.6) is 5.75 Å². The molecule has 2 heterocycles. The van der Waals surface area contributed by atoms with Crippen LogP contribution >= 0.6 is 0 Å². The lowest BCUT2D eigenvalue weighted by Crippen LogP contribution is -2.25. The number of hydrogen-bond acceptors (Lipinski definition) is 3. The van der Waals surface area contributed by atoms with Gasteiger partial charge in [0, 0.05) is 17.7 Å². The Kier molecular flexibility index (Phi) is 1.96. The SMILES string of the molecule is COc1cncc(C2CC23CCCN3)c1. The second-order valence-corrected chi connectivity index (χ2v) is 4.60. The van der Waals surface area contributed by atoms with Crippen LogP contribution in [0.3, 0.4) is 0 Å². The molecule has 15 heavy (non-hydrogen) atoms. The Morgan fingerprint density at radius 2 is 2.47 bits per heavy atom. The van der Waals surface area contributed by atoms with Gasteiger partial charge in [0.25, 0.3) is 0 Å². The predicted molar refractivity (Wildman–Crippen MR) is 58.1 cm³/mol. The molecule has 2 unspecified atom stereocenters. The number of nitrogens with zero attached hydrogens (tertiary/aromatic N) is 1. The van der Waals surface area contributed by atoms with E-state index in [0.717, 1.165) is 5.75 Å². The Morgan fingerprint density at radius 3 is 3.20 bits per heavy atom. The van der Waals surface area contributed by atoms with Crippen molar-refractivity contribution in [2.24, 2.45) is 0 Å². The summed E-state index contributed by atoms with van der Waals surface area (Å²) in [6.07, 6.45) is 7.63. The second kappa shape index (κ2) is 3.20. The number of pyridine rings is 1. The van der Waals surface area contributed by atoms with Gasteiger partial charge in [-0.3, -0.25) is 4.98 Å². The van der Waals surface area contributed by atoms with Crippen LogP contribution in [0.2, 0.25) is 0 Å². The first-order chi connectivity index (χ1) is 7.34. The van der Waals surface area contributed by atoms with Gasteiger partial charge in [-0.05, 0) is 37.4 Å². The lowest BCUT2D eigenvalue weighted by Gasteiger charge is -2.09. The summed E-state index contributed by atoms with van der Waals surface area (Å²) >= 11 is 0. The minimum atomic E-state index is 0.411. The molecule has 2 aliphatic rings.